The number of furan rings is 1. The Morgan fingerprint density at radius 2 is 1.92 bits per heavy atom. The molecule has 6 heteroatoms. The number of amides is 1. The Bertz CT molecular complexity index is 960. The van der Waals surface area contributed by atoms with Gasteiger partial charge in [-0.15, -0.1) is 0 Å². The van der Waals surface area contributed by atoms with Crippen molar-refractivity contribution in [3.8, 4) is 0 Å². The van der Waals surface area contributed by atoms with Gasteiger partial charge in [-0.2, -0.15) is 5.10 Å². The number of nitrogens with zero attached hydrogens (tertiary/aromatic N) is 2. The van der Waals surface area contributed by atoms with Gasteiger partial charge in [0.05, 0.1) is 0 Å². The van der Waals surface area contributed by atoms with Crippen molar-refractivity contribution in [1.29, 1.82) is 0 Å². The molecule has 0 saturated heterocycles. The predicted octanol–water partition coefficient (Wildman–Crippen LogP) is 3.39. The lowest BCUT2D eigenvalue weighted by molar-refractivity contribution is -0.121. The number of fused-ring (bicyclic) bond motifs is 1. The minimum atomic E-state index is -0.342. The molecule has 1 atom stereocenters. The third kappa shape index (κ3) is 3.49. The van der Waals surface area contributed by atoms with Gasteiger partial charge in [-0.25, -0.2) is 4.98 Å². The number of aromatic amines is 1. The molecular formula is C20H18N4O2. The van der Waals surface area contributed by atoms with E-state index in [4.69, 9.17) is 4.42 Å². The van der Waals surface area contributed by atoms with Crippen molar-refractivity contribution in [2.75, 3.05) is 0 Å². The Labute approximate surface area is 150 Å². The topological polar surface area (TPSA) is 83.8 Å². The van der Waals surface area contributed by atoms with Crippen molar-refractivity contribution in [2.24, 2.45) is 0 Å². The van der Waals surface area contributed by atoms with Gasteiger partial charge in [0.2, 0.25) is 5.91 Å². The summed E-state index contributed by atoms with van der Waals surface area (Å²) in [6.45, 7) is 0. The highest BCUT2D eigenvalue weighted by Crippen LogP contribution is 2.28. The molecule has 0 fully saturated rings. The molecule has 0 aliphatic carbocycles. The van der Waals surface area contributed by atoms with Crippen LogP contribution in [0.3, 0.4) is 0 Å². The van der Waals surface area contributed by atoms with Crippen LogP contribution >= 0.6 is 0 Å². The Balaban J connectivity index is 1.57. The number of hydrogen-bond donors (Lipinski definition) is 2. The van der Waals surface area contributed by atoms with E-state index in [1.165, 1.54) is 6.33 Å². The quantitative estimate of drug-likeness (QED) is 0.560. The van der Waals surface area contributed by atoms with E-state index in [2.05, 4.69) is 20.5 Å². The smallest absolute Gasteiger partial charge is 0.221 e. The molecular weight excluding hydrogens is 328 g/mol. The molecule has 1 amide bonds. The first kappa shape index (κ1) is 16.1. The maximum Gasteiger partial charge on any atom is 0.221 e. The molecule has 6 nitrogen and oxygen atoms in total. The van der Waals surface area contributed by atoms with Crippen molar-refractivity contribution in [3.05, 3.63) is 84.1 Å². The van der Waals surface area contributed by atoms with E-state index in [-0.39, 0.29) is 11.9 Å². The largest absolute Gasteiger partial charge is 0.459 e. The van der Waals surface area contributed by atoms with Gasteiger partial charge < -0.3 is 9.73 Å². The van der Waals surface area contributed by atoms with Crippen LogP contribution in [-0.2, 0) is 11.2 Å². The molecule has 2 N–H and O–H groups in total. The van der Waals surface area contributed by atoms with Crippen LogP contribution in [-0.4, -0.2) is 21.1 Å². The van der Waals surface area contributed by atoms with Crippen LogP contribution in [0, 0.1) is 0 Å². The molecule has 0 aliphatic heterocycles. The second-order valence-corrected chi connectivity index (χ2v) is 6.03. The summed E-state index contributed by atoms with van der Waals surface area (Å²) in [5.74, 6) is 1.33. The number of nitrogens with one attached hydrogen (secondary N) is 2. The number of rotatable bonds is 6. The first-order chi connectivity index (χ1) is 12.8. The average molecular weight is 346 g/mol. The summed E-state index contributed by atoms with van der Waals surface area (Å²) in [4.78, 5) is 16.5. The van der Waals surface area contributed by atoms with E-state index >= 15 is 0 Å². The van der Waals surface area contributed by atoms with Crippen LogP contribution in [0.4, 0.5) is 0 Å². The predicted molar refractivity (Wildman–Crippen MR) is 97.3 cm³/mol. The van der Waals surface area contributed by atoms with E-state index in [0.29, 0.717) is 24.4 Å². The first-order valence-electron chi connectivity index (χ1n) is 8.46. The van der Waals surface area contributed by atoms with Crippen molar-refractivity contribution in [2.45, 2.75) is 18.9 Å². The average Bonchev–Trinajstić information content (AvgIpc) is 3.34. The van der Waals surface area contributed by atoms with Crippen LogP contribution < -0.4 is 5.32 Å². The lowest BCUT2D eigenvalue weighted by atomic mass is 10.0. The van der Waals surface area contributed by atoms with Gasteiger partial charge in [0.1, 0.15) is 29.5 Å². The van der Waals surface area contributed by atoms with E-state index in [0.717, 1.165) is 16.5 Å². The maximum absolute atomic E-state index is 12.5. The van der Waals surface area contributed by atoms with Crippen molar-refractivity contribution in [1.82, 2.24) is 20.5 Å². The summed E-state index contributed by atoms with van der Waals surface area (Å²) in [7, 11) is 0. The summed E-state index contributed by atoms with van der Waals surface area (Å²) in [5.41, 5.74) is 1.78. The monoisotopic (exact) mass is 346 g/mol. The summed E-state index contributed by atoms with van der Waals surface area (Å²) >= 11 is 0. The fraction of sp³-hybridized carbons (Fsp3) is 0.150. The van der Waals surface area contributed by atoms with Crippen molar-refractivity contribution in [3.63, 3.8) is 0 Å². The summed E-state index contributed by atoms with van der Waals surface area (Å²) in [5, 5.41) is 10.7. The van der Waals surface area contributed by atoms with Gasteiger partial charge in [-0.3, -0.25) is 9.89 Å². The number of benzene rings is 2. The van der Waals surface area contributed by atoms with Gasteiger partial charge in [-0.1, -0.05) is 48.5 Å². The Morgan fingerprint density at radius 1 is 1.12 bits per heavy atom. The van der Waals surface area contributed by atoms with Crippen molar-refractivity contribution >= 4 is 16.9 Å². The fourth-order valence-electron chi connectivity index (χ4n) is 2.93. The van der Waals surface area contributed by atoms with E-state index in [9.17, 15) is 4.79 Å². The minimum Gasteiger partial charge on any atom is -0.459 e. The molecule has 26 heavy (non-hydrogen) atoms. The molecule has 0 unspecified atom stereocenters. The minimum absolute atomic E-state index is 0.0734. The molecule has 130 valence electrons. The van der Waals surface area contributed by atoms with Gasteiger partial charge in [-0.05, 0) is 17.7 Å². The van der Waals surface area contributed by atoms with E-state index in [1.807, 2.05) is 60.7 Å². The third-order valence-corrected chi connectivity index (χ3v) is 4.22. The highest BCUT2D eigenvalue weighted by molar-refractivity contribution is 5.79. The first-order valence-corrected chi connectivity index (χ1v) is 8.46. The Hall–Kier alpha value is -3.41. The normalized spacial score (nSPS) is 12.2. The van der Waals surface area contributed by atoms with E-state index in [1.54, 1.807) is 0 Å². The van der Waals surface area contributed by atoms with Crippen molar-refractivity contribution < 1.29 is 9.21 Å². The number of aromatic nitrogens is 3. The molecule has 4 aromatic rings. The second-order valence-electron chi connectivity index (χ2n) is 6.03. The summed E-state index contributed by atoms with van der Waals surface area (Å²) in [6, 6.07) is 19.3. The molecule has 0 radical (unpaired) electrons. The fourth-order valence-corrected chi connectivity index (χ4v) is 2.93. The number of carbonyl (C=O) groups is 1. The molecule has 4 rings (SSSR count). The Morgan fingerprint density at radius 3 is 2.69 bits per heavy atom. The number of para-hydroxylation sites is 1. The van der Waals surface area contributed by atoms with Crippen LogP contribution in [0.5, 0.6) is 0 Å². The standard InChI is InChI=1S/C20H18N4O2/c25-19(11-10-18-21-13-22-24-18)23-20(14-6-2-1-3-7-14)17-12-15-8-4-5-9-16(15)26-17/h1-9,12-13,20H,10-11H2,(H,23,25)(H,21,22,24)/t20-/m1/s1. The molecule has 0 saturated carbocycles. The van der Waals surface area contributed by atoms with Gasteiger partial charge in [0.25, 0.3) is 0 Å². The lowest BCUT2D eigenvalue weighted by Gasteiger charge is -2.17. The maximum atomic E-state index is 12.5. The zero-order valence-electron chi connectivity index (χ0n) is 14.1. The summed E-state index contributed by atoms with van der Waals surface area (Å²) in [6.07, 6.45) is 2.26. The van der Waals surface area contributed by atoms with Crippen LogP contribution in [0.25, 0.3) is 11.0 Å². The summed E-state index contributed by atoms with van der Waals surface area (Å²) < 4.78 is 5.99. The number of carbonyl (C=O) groups excluding carboxylic acids is 1. The molecule has 0 spiro atoms. The van der Waals surface area contributed by atoms with Crippen LogP contribution in [0.2, 0.25) is 0 Å². The highest BCUT2D eigenvalue weighted by atomic mass is 16.3. The second kappa shape index (κ2) is 7.23. The number of H-pyrrole nitrogens is 1. The Kier molecular flexibility index (Phi) is 4.47. The zero-order chi connectivity index (χ0) is 17.8. The lowest BCUT2D eigenvalue weighted by Crippen LogP contribution is -2.29. The van der Waals surface area contributed by atoms with E-state index < -0.39 is 0 Å². The van der Waals surface area contributed by atoms with Crippen LogP contribution in [0.1, 0.15) is 29.6 Å². The molecule has 2 heterocycles. The highest BCUT2D eigenvalue weighted by Gasteiger charge is 2.20. The SMILES string of the molecule is O=C(CCc1ncn[nH]1)N[C@H](c1ccccc1)c1cc2ccccc2o1. The zero-order valence-corrected chi connectivity index (χ0v) is 14.1. The van der Waals surface area contributed by atoms with Crippen LogP contribution in [0.15, 0.2) is 71.4 Å². The molecule has 0 aliphatic rings. The van der Waals surface area contributed by atoms with Gasteiger partial charge in [0.15, 0.2) is 0 Å². The number of hydrogen-bond acceptors (Lipinski definition) is 4. The molecule has 2 aromatic carbocycles. The number of aryl methyl sites for hydroxylation is 1. The molecule has 0 bridgehead atoms. The molecule has 2 aromatic heterocycles. The van der Waals surface area contributed by atoms with Gasteiger partial charge in [0, 0.05) is 18.2 Å². The van der Waals surface area contributed by atoms with Gasteiger partial charge >= 0.3 is 0 Å². The third-order valence-electron chi connectivity index (χ3n) is 4.22.